The molecule has 0 saturated carbocycles. The Morgan fingerprint density at radius 2 is 1.96 bits per heavy atom. The van der Waals surface area contributed by atoms with Gasteiger partial charge in [0.1, 0.15) is 0 Å². The van der Waals surface area contributed by atoms with E-state index in [1.165, 1.54) is 12.8 Å². The van der Waals surface area contributed by atoms with Crippen LogP contribution in [0.5, 0.6) is 0 Å². The summed E-state index contributed by atoms with van der Waals surface area (Å²) >= 11 is 1.69. The highest BCUT2D eigenvalue weighted by Gasteiger charge is 2.26. The van der Waals surface area contributed by atoms with E-state index in [2.05, 4.69) is 10.2 Å². The number of fused-ring (bicyclic) bond motifs is 1. The average Bonchev–Trinajstić information content (AvgIpc) is 3.30. The molecule has 2 saturated heterocycles. The summed E-state index contributed by atoms with van der Waals surface area (Å²) in [6.07, 6.45) is 4.17. The smallest absolute Gasteiger partial charge is 0.241 e. The fourth-order valence-corrected chi connectivity index (χ4v) is 4.60. The van der Waals surface area contributed by atoms with Gasteiger partial charge in [-0.2, -0.15) is 0 Å². The predicted octanol–water partition coefficient (Wildman–Crippen LogP) is 3.43. The summed E-state index contributed by atoms with van der Waals surface area (Å²) in [4.78, 5) is 19.5. The molecular weight excluding hydrogens is 407 g/mol. The van der Waals surface area contributed by atoms with E-state index < -0.39 is 6.04 Å². The first kappa shape index (κ1) is 22.2. The van der Waals surface area contributed by atoms with Gasteiger partial charge in [0.2, 0.25) is 5.91 Å². The zero-order valence-electron chi connectivity index (χ0n) is 15.1. The molecule has 1 atom stereocenters. The van der Waals surface area contributed by atoms with Gasteiger partial charge in [-0.25, -0.2) is 4.98 Å². The second kappa shape index (κ2) is 9.89. The zero-order chi connectivity index (χ0) is 17.2. The van der Waals surface area contributed by atoms with Crippen molar-refractivity contribution in [1.82, 2.24) is 4.98 Å². The van der Waals surface area contributed by atoms with Gasteiger partial charge >= 0.3 is 0 Å². The molecule has 0 radical (unpaired) electrons. The summed E-state index contributed by atoms with van der Waals surface area (Å²) in [5.41, 5.74) is 7.93. The molecule has 2 fully saturated rings. The number of hydrogen-bond donors (Lipinski definition) is 2. The van der Waals surface area contributed by atoms with E-state index in [0.717, 1.165) is 47.0 Å². The van der Waals surface area contributed by atoms with E-state index in [-0.39, 0.29) is 36.6 Å². The maximum absolute atomic E-state index is 12.5. The molecule has 3 N–H and O–H groups in total. The number of thiazole rings is 1. The minimum atomic E-state index is -0.485. The Hall–Kier alpha value is -1.12. The van der Waals surface area contributed by atoms with Crippen molar-refractivity contribution in [2.75, 3.05) is 36.5 Å². The summed E-state index contributed by atoms with van der Waals surface area (Å²) in [6.45, 7) is 3.56. The van der Waals surface area contributed by atoms with Crippen LogP contribution in [0.4, 0.5) is 10.8 Å². The first-order valence-corrected chi connectivity index (χ1v) is 9.82. The first-order valence-electron chi connectivity index (χ1n) is 9.00. The number of carbonyl (C=O) groups excluding carboxylic acids is 1. The molecule has 3 heterocycles. The molecule has 2 aliphatic rings. The molecule has 1 amide bonds. The Morgan fingerprint density at radius 3 is 2.67 bits per heavy atom. The van der Waals surface area contributed by atoms with Crippen molar-refractivity contribution in [3.8, 4) is 0 Å². The number of nitrogens with two attached hydrogens (primary N) is 1. The third kappa shape index (κ3) is 5.03. The molecule has 2 aliphatic heterocycles. The van der Waals surface area contributed by atoms with Crippen LogP contribution in [0, 0.1) is 5.92 Å². The minimum absolute atomic E-state index is 0. The van der Waals surface area contributed by atoms with Crippen molar-refractivity contribution in [2.45, 2.75) is 31.7 Å². The number of anilines is 2. The third-order valence-corrected chi connectivity index (χ3v) is 6.18. The number of halogens is 2. The molecule has 0 aliphatic carbocycles. The Balaban J connectivity index is 0.00000131. The lowest BCUT2D eigenvalue weighted by Crippen LogP contribution is -2.43. The van der Waals surface area contributed by atoms with Crippen LogP contribution in [0.25, 0.3) is 10.2 Å². The molecule has 0 bridgehead atoms. The molecule has 9 heteroatoms. The number of carbonyl (C=O) groups is 1. The Bertz CT molecular complexity index is 761. The molecule has 0 spiro atoms. The summed E-state index contributed by atoms with van der Waals surface area (Å²) < 4.78 is 6.44. The van der Waals surface area contributed by atoms with Gasteiger partial charge in [0.15, 0.2) is 5.13 Å². The lowest BCUT2D eigenvalue weighted by Gasteiger charge is -2.26. The van der Waals surface area contributed by atoms with E-state index in [9.17, 15) is 4.79 Å². The van der Waals surface area contributed by atoms with Crippen LogP contribution in [-0.2, 0) is 9.53 Å². The number of rotatable bonds is 4. The Labute approximate surface area is 175 Å². The number of aromatic nitrogens is 1. The highest BCUT2D eigenvalue weighted by Crippen LogP contribution is 2.32. The second-order valence-electron chi connectivity index (χ2n) is 6.84. The van der Waals surface area contributed by atoms with Crippen molar-refractivity contribution >= 4 is 63.1 Å². The van der Waals surface area contributed by atoms with Gasteiger partial charge in [-0.05, 0) is 49.8 Å². The van der Waals surface area contributed by atoms with Crippen LogP contribution in [-0.4, -0.2) is 43.2 Å². The SMILES string of the molecule is Cl.Cl.NC(C(=O)Nc1ccc2nc(N3CCCC3)sc2c1)C1CCOCC1. The van der Waals surface area contributed by atoms with Gasteiger partial charge in [0, 0.05) is 32.0 Å². The van der Waals surface area contributed by atoms with Crippen molar-refractivity contribution in [3.05, 3.63) is 18.2 Å². The topological polar surface area (TPSA) is 80.5 Å². The van der Waals surface area contributed by atoms with Gasteiger partial charge in [-0.1, -0.05) is 11.3 Å². The van der Waals surface area contributed by atoms with Crippen molar-refractivity contribution in [1.29, 1.82) is 0 Å². The largest absolute Gasteiger partial charge is 0.381 e. The quantitative estimate of drug-likeness (QED) is 0.772. The lowest BCUT2D eigenvalue weighted by molar-refractivity contribution is -0.119. The highest BCUT2D eigenvalue weighted by atomic mass is 35.5. The van der Waals surface area contributed by atoms with Gasteiger partial charge in [-0.3, -0.25) is 4.79 Å². The van der Waals surface area contributed by atoms with Crippen LogP contribution >= 0.6 is 36.2 Å². The normalized spacial score (nSPS) is 18.6. The Kier molecular flexibility index (Phi) is 8.12. The molecular formula is C18H26Cl2N4O2S. The molecule has 2 aromatic rings. The number of nitrogens with one attached hydrogen (secondary N) is 1. The third-order valence-electron chi connectivity index (χ3n) is 5.10. The fourth-order valence-electron chi connectivity index (χ4n) is 3.55. The second-order valence-corrected chi connectivity index (χ2v) is 7.85. The maximum Gasteiger partial charge on any atom is 0.241 e. The van der Waals surface area contributed by atoms with Crippen molar-refractivity contribution in [3.63, 3.8) is 0 Å². The molecule has 27 heavy (non-hydrogen) atoms. The van der Waals surface area contributed by atoms with Crippen LogP contribution in [0.3, 0.4) is 0 Å². The van der Waals surface area contributed by atoms with Gasteiger partial charge < -0.3 is 20.7 Å². The van der Waals surface area contributed by atoms with Gasteiger partial charge in [0.05, 0.1) is 16.3 Å². The summed E-state index contributed by atoms with van der Waals surface area (Å²) in [6, 6.07) is 5.40. The highest BCUT2D eigenvalue weighted by molar-refractivity contribution is 7.22. The van der Waals surface area contributed by atoms with Crippen LogP contribution in [0.2, 0.25) is 0 Å². The summed E-state index contributed by atoms with van der Waals surface area (Å²) in [7, 11) is 0. The van der Waals surface area contributed by atoms with Crippen LogP contribution < -0.4 is 16.0 Å². The fraction of sp³-hybridized carbons (Fsp3) is 0.556. The zero-order valence-corrected chi connectivity index (χ0v) is 17.5. The van der Waals surface area contributed by atoms with Crippen LogP contribution in [0.15, 0.2) is 18.2 Å². The molecule has 150 valence electrons. The lowest BCUT2D eigenvalue weighted by atomic mass is 9.92. The van der Waals surface area contributed by atoms with Crippen molar-refractivity contribution < 1.29 is 9.53 Å². The molecule has 1 aromatic carbocycles. The minimum Gasteiger partial charge on any atom is -0.381 e. The number of amides is 1. The maximum atomic E-state index is 12.5. The number of hydrogen-bond acceptors (Lipinski definition) is 6. The first-order chi connectivity index (χ1) is 12.2. The number of nitrogens with zero attached hydrogens (tertiary/aromatic N) is 2. The van der Waals surface area contributed by atoms with Gasteiger partial charge in [-0.15, -0.1) is 24.8 Å². The summed E-state index contributed by atoms with van der Waals surface area (Å²) in [5.74, 6) is 0.0817. The van der Waals surface area contributed by atoms with Crippen molar-refractivity contribution in [2.24, 2.45) is 11.7 Å². The van der Waals surface area contributed by atoms with E-state index in [1.807, 2.05) is 18.2 Å². The average molecular weight is 433 g/mol. The summed E-state index contributed by atoms with van der Waals surface area (Å²) in [5, 5.41) is 4.05. The molecule has 6 nitrogen and oxygen atoms in total. The molecule has 4 rings (SSSR count). The van der Waals surface area contributed by atoms with Crippen LogP contribution in [0.1, 0.15) is 25.7 Å². The number of ether oxygens (including phenoxy) is 1. The molecule has 1 aromatic heterocycles. The van der Waals surface area contributed by atoms with E-state index >= 15 is 0 Å². The standard InChI is InChI=1S/C18H24N4O2S.2ClH/c19-16(12-5-9-24-10-6-12)17(23)20-13-3-4-14-15(11-13)25-18(21-14)22-7-1-2-8-22;;/h3-4,11-12,16H,1-2,5-10,19H2,(H,20,23);2*1H. The van der Waals surface area contributed by atoms with E-state index in [1.54, 1.807) is 11.3 Å². The van der Waals surface area contributed by atoms with Gasteiger partial charge in [0.25, 0.3) is 0 Å². The van der Waals surface area contributed by atoms with E-state index in [4.69, 9.17) is 15.5 Å². The Morgan fingerprint density at radius 1 is 1.26 bits per heavy atom. The predicted molar refractivity (Wildman–Crippen MR) is 116 cm³/mol. The van der Waals surface area contributed by atoms with E-state index in [0.29, 0.717) is 13.2 Å². The molecule has 1 unspecified atom stereocenters. The monoisotopic (exact) mass is 432 g/mol. The number of benzene rings is 1.